The highest BCUT2D eigenvalue weighted by Gasteiger charge is 2.30. The van der Waals surface area contributed by atoms with Gasteiger partial charge in [0.2, 0.25) is 0 Å². The lowest BCUT2D eigenvalue weighted by molar-refractivity contribution is -0.117. The lowest BCUT2D eigenvalue weighted by Gasteiger charge is -2.27. The van der Waals surface area contributed by atoms with Crippen LogP contribution in [0, 0.1) is 5.92 Å². The number of ether oxygens (including phenoxy) is 1. The van der Waals surface area contributed by atoms with E-state index in [9.17, 15) is 9.59 Å². The number of likely N-dealkylation sites (tertiary alicyclic amines) is 1. The lowest BCUT2D eigenvalue weighted by atomic mass is 10.1. The highest BCUT2D eigenvalue weighted by Crippen LogP contribution is 2.21. The van der Waals surface area contributed by atoms with Crippen LogP contribution >= 0.6 is 0 Å². The molecule has 0 aromatic carbocycles. The van der Waals surface area contributed by atoms with E-state index in [1.54, 1.807) is 11.0 Å². The number of hydrogen-bond acceptors (Lipinski definition) is 3. The first-order chi connectivity index (χ1) is 8.70. The molecule has 0 aliphatic carbocycles. The van der Waals surface area contributed by atoms with E-state index in [0.29, 0.717) is 6.54 Å². The summed E-state index contributed by atoms with van der Waals surface area (Å²) in [5.74, 6) is 0.0867. The fourth-order valence-electron chi connectivity index (χ4n) is 1.94. The van der Waals surface area contributed by atoms with Crippen LogP contribution in [0.4, 0.5) is 4.79 Å². The molecule has 0 bridgehead atoms. The summed E-state index contributed by atoms with van der Waals surface area (Å²) in [6, 6.07) is -0.0162. The average molecular weight is 267 g/mol. The molecular formula is C15H25NO3. The highest BCUT2D eigenvalue weighted by atomic mass is 16.6. The van der Waals surface area contributed by atoms with Crippen molar-refractivity contribution in [3.8, 4) is 0 Å². The van der Waals surface area contributed by atoms with Crippen LogP contribution in [0.25, 0.3) is 0 Å². The van der Waals surface area contributed by atoms with Crippen LogP contribution in [-0.2, 0) is 9.53 Å². The summed E-state index contributed by atoms with van der Waals surface area (Å²) in [4.78, 5) is 25.3. The van der Waals surface area contributed by atoms with Crippen LogP contribution in [0.15, 0.2) is 12.2 Å². The predicted octanol–water partition coefficient (Wildman–Crippen LogP) is 3.17. The summed E-state index contributed by atoms with van der Waals surface area (Å²) in [6.07, 6.45) is 4.97. The van der Waals surface area contributed by atoms with Crippen LogP contribution in [0.2, 0.25) is 0 Å². The quantitative estimate of drug-likeness (QED) is 0.738. The average Bonchev–Trinajstić information content (AvgIpc) is 2.71. The van der Waals surface area contributed by atoms with E-state index < -0.39 is 5.60 Å². The van der Waals surface area contributed by atoms with Gasteiger partial charge < -0.3 is 9.64 Å². The normalized spacial score (nSPS) is 20.3. The van der Waals surface area contributed by atoms with E-state index in [1.807, 2.05) is 40.7 Å². The zero-order valence-electron chi connectivity index (χ0n) is 12.6. The van der Waals surface area contributed by atoms with Crippen molar-refractivity contribution in [3.05, 3.63) is 12.2 Å². The third-order valence-electron chi connectivity index (χ3n) is 2.98. The number of carbonyl (C=O) groups excluding carboxylic acids is 2. The molecule has 1 amide bonds. The minimum Gasteiger partial charge on any atom is -0.444 e. The summed E-state index contributed by atoms with van der Waals surface area (Å²) in [5.41, 5.74) is -0.484. The van der Waals surface area contributed by atoms with Gasteiger partial charge in [-0.15, -0.1) is 0 Å². The van der Waals surface area contributed by atoms with Gasteiger partial charge in [0.05, 0.1) is 6.04 Å². The molecule has 1 unspecified atom stereocenters. The van der Waals surface area contributed by atoms with E-state index in [-0.39, 0.29) is 23.8 Å². The van der Waals surface area contributed by atoms with Crippen molar-refractivity contribution in [2.24, 2.45) is 5.92 Å². The molecule has 4 heteroatoms. The molecule has 1 heterocycles. The fourth-order valence-corrected chi connectivity index (χ4v) is 1.94. The van der Waals surface area contributed by atoms with Crippen molar-refractivity contribution >= 4 is 11.9 Å². The van der Waals surface area contributed by atoms with Crippen molar-refractivity contribution in [1.29, 1.82) is 0 Å². The third kappa shape index (κ3) is 5.05. The maximum absolute atomic E-state index is 12.0. The second-order valence-corrected chi connectivity index (χ2v) is 6.30. The largest absolute Gasteiger partial charge is 0.444 e. The Morgan fingerprint density at radius 3 is 2.47 bits per heavy atom. The van der Waals surface area contributed by atoms with Crippen molar-refractivity contribution in [2.45, 2.75) is 59.1 Å². The number of carbonyl (C=O) groups is 2. The Bertz CT molecular complexity index is 366. The lowest BCUT2D eigenvalue weighted by Crippen LogP contribution is -2.39. The van der Waals surface area contributed by atoms with Gasteiger partial charge in [0.1, 0.15) is 5.60 Å². The molecule has 1 aliphatic heterocycles. The Labute approximate surface area is 115 Å². The number of amides is 1. The van der Waals surface area contributed by atoms with Gasteiger partial charge in [-0.05, 0) is 39.7 Å². The molecule has 1 atom stereocenters. The summed E-state index contributed by atoms with van der Waals surface area (Å²) >= 11 is 0. The molecule has 0 radical (unpaired) electrons. The standard InChI is InChI=1S/C15H25NO3/c1-11(2)13(17)9-8-12-7-6-10-16(12)14(18)19-15(3,4)5/h8-9,11-12H,6-7,10H2,1-5H3/b9-8+. The number of nitrogens with zero attached hydrogens (tertiary/aromatic N) is 1. The third-order valence-corrected chi connectivity index (χ3v) is 2.98. The summed E-state index contributed by atoms with van der Waals surface area (Å²) in [5, 5.41) is 0. The van der Waals surface area contributed by atoms with Crippen LogP contribution in [0.5, 0.6) is 0 Å². The monoisotopic (exact) mass is 267 g/mol. The van der Waals surface area contributed by atoms with Crippen molar-refractivity contribution in [3.63, 3.8) is 0 Å². The molecule has 1 aliphatic rings. The minimum absolute atomic E-state index is 0.00682. The molecule has 1 fully saturated rings. The van der Waals surface area contributed by atoms with E-state index in [4.69, 9.17) is 4.74 Å². The van der Waals surface area contributed by atoms with Crippen molar-refractivity contribution in [2.75, 3.05) is 6.54 Å². The zero-order valence-corrected chi connectivity index (χ0v) is 12.6. The van der Waals surface area contributed by atoms with Crippen LogP contribution in [0.3, 0.4) is 0 Å². The molecule has 19 heavy (non-hydrogen) atoms. The minimum atomic E-state index is -0.484. The maximum Gasteiger partial charge on any atom is 0.410 e. The molecule has 1 rings (SSSR count). The SMILES string of the molecule is CC(C)C(=O)/C=C/C1CCCN1C(=O)OC(C)(C)C. The molecule has 0 aromatic heterocycles. The predicted molar refractivity (Wildman–Crippen MR) is 74.9 cm³/mol. The summed E-state index contributed by atoms with van der Waals surface area (Å²) < 4.78 is 5.37. The van der Waals surface area contributed by atoms with Gasteiger partial charge >= 0.3 is 6.09 Å². The van der Waals surface area contributed by atoms with Gasteiger partial charge in [0.15, 0.2) is 5.78 Å². The van der Waals surface area contributed by atoms with E-state index in [0.717, 1.165) is 12.8 Å². The Balaban J connectivity index is 2.64. The van der Waals surface area contributed by atoms with Gasteiger partial charge in [0, 0.05) is 12.5 Å². The topological polar surface area (TPSA) is 46.6 Å². The van der Waals surface area contributed by atoms with E-state index >= 15 is 0 Å². The number of ketones is 1. The van der Waals surface area contributed by atoms with Gasteiger partial charge in [-0.25, -0.2) is 4.79 Å². The Morgan fingerprint density at radius 2 is 1.95 bits per heavy atom. The molecule has 0 aromatic rings. The zero-order chi connectivity index (χ0) is 14.6. The molecule has 4 nitrogen and oxygen atoms in total. The van der Waals surface area contributed by atoms with Gasteiger partial charge in [0.25, 0.3) is 0 Å². The Morgan fingerprint density at radius 1 is 1.32 bits per heavy atom. The summed E-state index contributed by atoms with van der Waals surface area (Å²) in [7, 11) is 0. The first-order valence-corrected chi connectivity index (χ1v) is 6.92. The van der Waals surface area contributed by atoms with Crippen LogP contribution < -0.4 is 0 Å². The fraction of sp³-hybridized carbons (Fsp3) is 0.733. The molecule has 108 valence electrons. The molecule has 1 saturated heterocycles. The van der Waals surface area contributed by atoms with Crippen LogP contribution in [-0.4, -0.2) is 35.0 Å². The van der Waals surface area contributed by atoms with Gasteiger partial charge in [-0.2, -0.15) is 0 Å². The van der Waals surface area contributed by atoms with Gasteiger partial charge in [-0.3, -0.25) is 4.79 Å². The second-order valence-electron chi connectivity index (χ2n) is 6.30. The van der Waals surface area contributed by atoms with Crippen molar-refractivity contribution in [1.82, 2.24) is 4.90 Å². The summed E-state index contributed by atoms with van der Waals surface area (Å²) in [6.45, 7) is 10.00. The van der Waals surface area contributed by atoms with Crippen LogP contribution in [0.1, 0.15) is 47.5 Å². The first-order valence-electron chi connectivity index (χ1n) is 6.92. The molecule has 0 N–H and O–H groups in total. The maximum atomic E-state index is 12.0. The van der Waals surface area contributed by atoms with Crippen molar-refractivity contribution < 1.29 is 14.3 Å². The molecule has 0 saturated carbocycles. The molecule has 0 spiro atoms. The molecular weight excluding hydrogens is 242 g/mol. The Hall–Kier alpha value is -1.32. The van der Waals surface area contributed by atoms with E-state index in [2.05, 4.69) is 0 Å². The van der Waals surface area contributed by atoms with Gasteiger partial charge in [-0.1, -0.05) is 19.9 Å². The second kappa shape index (κ2) is 6.22. The van der Waals surface area contributed by atoms with E-state index in [1.165, 1.54) is 0 Å². The Kier molecular flexibility index (Phi) is 5.15. The number of rotatable bonds is 3. The highest BCUT2D eigenvalue weighted by molar-refractivity contribution is 5.91. The first kappa shape index (κ1) is 15.7. The number of hydrogen-bond donors (Lipinski definition) is 0. The smallest absolute Gasteiger partial charge is 0.410 e. The number of allylic oxidation sites excluding steroid dienone is 1.